The second kappa shape index (κ2) is 7.43. The van der Waals surface area contributed by atoms with Crippen molar-refractivity contribution in [3.8, 4) is 5.75 Å². The molecule has 2 amide bonds. The average Bonchev–Trinajstić information content (AvgIpc) is 3.36. The number of rotatable bonds is 2. The van der Waals surface area contributed by atoms with Crippen molar-refractivity contribution >= 4 is 38.6 Å². The van der Waals surface area contributed by atoms with Gasteiger partial charge in [0.1, 0.15) is 5.75 Å². The first-order valence-corrected chi connectivity index (χ1v) is 10.9. The molecule has 3 heterocycles. The molecule has 1 fully saturated rings. The highest BCUT2D eigenvalue weighted by molar-refractivity contribution is 9.10. The Hall–Kier alpha value is -2.87. The number of piperidine rings is 1. The number of aromatic amines is 1. The summed E-state index contributed by atoms with van der Waals surface area (Å²) in [4.78, 5) is 29.7. The Kier molecular flexibility index (Phi) is 4.73. The lowest BCUT2D eigenvalue weighted by Gasteiger charge is -2.26. The number of aromatic hydroxyl groups is 1. The second-order valence-corrected chi connectivity index (χ2v) is 8.83. The van der Waals surface area contributed by atoms with Crippen LogP contribution in [0.3, 0.4) is 0 Å². The Morgan fingerprint density at radius 1 is 0.967 bits per heavy atom. The summed E-state index contributed by atoms with van der Waals surface area (Å²) in [7, 11) is 0. The minimum Gasteiger partial charge on any atom is -0.507 e. The smallest absolute Gasteiger partial charge is 0.274 e. The predicted molar refractivity (Wildman–Crippen MR) is 115 cm³/mol. The van der Waals surface area contributed by atoms with Crippen LogP contribution in [0.4, 0.5) is 0 Å². The third-order valence-electron chi connectivity index (χ3n) is 5.93. The van der Waals surface area contributed by atoms with E-state index in [1.807, 2.05) is 23.1 Å². The van der Waals surface area contributed by atoms with Gasteiger partial charge in [-0.1, -0.05) is 22.0 Å². The van der Waals surface area contributed by atoms with Crippen LogP contribution in [0.2, 0.25) is 0 Å². The highest BCUT2D eigenvalue weighted by Crippen LogP contribution is 2.32. The normalized spacial score (nSPS) is 16.2. The van der Waals surface area contributed by atoms with Crippen LogP contribution < -0.4 is 0 Å². The molecule has 0 saturated carbocycles. The summed E-state index contributed by atoms with van der Waals surface area (Å²) in [5, 5.41) is 18.1. The Bertz CT molecular complexity index is 1170. The Labute approximate surface area is 181 Å². The van der Waals surface area contributed by atoms with Crippen molar-refractivity contribution in [1.82, 2.24) is 20.0 Å². The van der Waals surface area contributed by atoms with Crippen molar-refractivity contribution in [2.24, 2.45) is 0 Å². The average molecular weight is 469 g/mol. The zero-order valence-corrected chi connectivity index (χ0v) is 17.9. The molecular formula is C22H21BrN4O3. The number of benzene rings is 2. The summed E-state index contributed by atoms with van der Waals surface area (Å²) in [5.41, 5.74) is 3.20. The highest BCUT2D eigenvalue weighted by atomic mass is 79.9. The Balaban J connectivity index is 1.47. The van der Waals surface area contributed by atoms with Crippen molar-refractivity contribution in [3.05, 3.63) is 57.2 Å². The molecule has 154 valence electrons. The maximum absolute atomic E-state index is 13.2. The number of phenols is 1. The second-order valence-electron chi connectivity index (χ2n) is 7.91. The van der Waals surface area contributed by atoms with E-state index in [9.17, 15) is 14.7 Å². The van der Waals surface area contributed by atoms with Gasteiger partial charge in [-0.2, -0.15) is 5.10 Å². The van der Waals surface area contributed by atoms with Gasteiger partial charge in [0.05, 0.1) is 11.1 Å². The lowest BCUT2D eigenvalue weighted by molar-refractivity contribution is 0.0717. The van der Waals surface area contributed by atoms with Crippen LogP contribution in [0.1, 0.15) is 51.2 Å². The zero-order chi connectivity index (χ0) is 20.8. The summed E-state index contributed by atoms with van der Waals surface area (Å²) in [6.45, 7) is 2.41. The molecule has 30 heavy (non-hydrogen) atoms. The van der Waals surface area contributed by atoms with Gasteiger partial charge in [-0.3, -0.25) is 14.7 Å². The van der Waals surface area contributed by atoms with Crippen LogP contribution in [0.5, 0.6) is 5.75 Å². The number of phenolic OH excluding ortho intramolecular Hbond substituents is 1. The van der Waals surface area contributed by atoms with Crippen LogP contribution >= 0.6 is 15.9 Å². The molecule has 7 nitrogen and oxygen atoms in total. The minimum absolute atomic E-state index is 0.120. The van der Waals surface area contributed by atoms with Gasteiger partial charge in [-0.15, -0.1) is 0 Å². The van der Waals surface area contributed by atoms with Crippen LogP contribution in [-0.4, -0.2) is 50.0 Å². The number of nitrogens with one attached hydrogen (secondary N) is 1. The molecule has 2 aliphatic heterocycles. The van der Waals surface area contributed by atoms with Gasteiger partial charge in [-0.25, -0.2) is 0 Å². The summed E-state index contributed by atoms with van der Waals surface area (Å²) in [6.07, 6.45) is 3.11. The fraction of sp³-hybridized carbons (Fsp3) is 0.318. The molecule has 0 radical (unpaired) electrons. The number of likely N-dealkylation sites (tertiary alicyclic amines) is 1. The fourth-order valence-corrected chi connectivity index (χ4v) is 4.72. The lowest BCUT2D eigenvalue weighted by atomic mass is 10.1. The Morgan fingerprint density at radius 3 is 2.53 bits per heavy atom. The number of halogens is 1. The maximum Gasteiger partial charge on any atom is 0.274 e. The third kappa shape index (κ3) is 3.25. The van der Waals surface area contributed by atoms with E-state index in [2.05, 4.69) is 26.1 Å². The molecule has 8 heteroatoms. The largest absolute Gasteiger partial charge is 0.507 e. The topological polar surface area (TPSA) is 89.5 Å². The molecule has 0 bridgehead atoms. The van der Waals surface area contributed by atoms with Crippen molar-refractivity contribution in [2.75, 3.05) is 13.1 Å². The van der Waals surface area contributed by atoms with Crippen molar-refractivity contribution < 1.29 is 14.7 Å². The summed E-state index contributed by atoms with van der Waals surface area (Å²) >= 11 is 3.47. The van der Waals surface area contributed by atoms with Crippen LogP contribution in [0.15, 0.2) is 34.8 Å². The Morgan fingerprint density at radius 2 is 1.73 bits per heavy atom. The number of hydrogen-bond acceptors (Lipinski definition) is 4. The SMILES string of the molecule is O=C(c1cc2c(C(=O)N3CCCCC3)n[nH]c2cc1O)N1Cc2ccc(Br)cc2C1. The van der Waals surface area contributed by atoms with E-state index < -0.39 is 0 Å². The standard InChI is InChI=1S/C22H21BrN4O3/c23-15-5-4-13-11-27(12-14(13)8-15)21(29)17-9-16-18(10-19(17)28)24-25-20(16)22(30)26-6-2-1-3-7-26/h4-5,8-10,28H,1-3,6-7,11-12H2,(H,24,25). The number of H-pyrrole nitrogens is 1. The number of carbonyl (C=O) groups is 2. The molecule has 2 aliphatic rings. The number of nitrogens with zero attached hydrogens (tertiary/aromatic N) is 3. The molecule has 2 N–H and O–H groups in total. The monoisotopic (exact) mass is 468 g/mol. The van der Waals surface area contributed by atoms with Gasteiger partial charge in [0.15, 0.2) is 5.69 Å². The fourth-order valence-electron chi connectivity index (χ4n) is 4.31. The van der Waals surface area contributed by atoms with E-state index in [0.717, 1.165) is 48.0 Å². The maximum atomic E-state index is 13.2. The van der Waals surface area contributed by atoms with Crippen molar-refractivity contribution in [2.45, 2.75) is 32.4 Å². The molecule has 0 spiro atoms. The van der Waals surface area contributed by atoms with Gasteiger partial charge in [0.25, 0.3) is 11.8 Å². The van der Waals surface area contributed by atoms with Gasteiger partial charge in [0, 0.05) is 42.1 Å². The van der Waals surface area contributed by atoms with Crippen molar-refractivity contribution in [3.63, 3.8) is 0 Å². The predicted octanol–water partition coefficient (Wildman–Crippen LogP) is 3.81. The first-order valence-electron chi connectivity index (χ1n) is 10.1. The van der Waals surface area contributed by atoms with Gasteiger partial charge in [-0.05, 0) is 48.6 Å². The quantitative estimate of drug-likeness (QED) is 0.598. The lowest BCUT2D eigenvalue weighted by Crippen LogP contribution is -2.35. The van der Waals surface area contributed by atoms with E-state index in [4.69, 9.17) is 0 Å². The third-order valence-corrected chi connectivity index (χ3v) is 6.43. The summed E-state index contributed by atoms with van der Waals surface area (Å²) < 4.78 is 0.971. The van der Waals surface area contributed by atoms with E-state index in [1.54, 1.807) is 11.0 Å². The molecule has 0 aliphatic carbocycles. The number of amides is 2. The first-order chi connectivity index (χ1) is 14.5. The number of aromatic nitrogens is 2. The zero-order valence-electron chi connectivity index (χ0n) is 16.3. The van der Waals surface area contributed by atoms with E-state index >= 15 is 0 Å². The first kappa shape index (κ1) is 19.1. The molecule has 1 saturated heterocycles. The van der Waals surface area contributed by atoms with E-state index in [1.165, 1.54) is 6.07 Å². The molecule has 1 aromatic heterocycles. The summed E-state index contributed by atoms with van der Waals surface area (Å²) in [6, 6.07) is 9.04. The van der Waals surface area contributed by atoms with E-state index in [-0.39, 0.29) is 23.1 Å². The van der Waals surface area contributed by atoms with Gasteiger partial charge < -0.3 is 14.9 Å². The minimum atomic E-state index is -0.265. The molecule has 0 unspecified atom stereocenters. The molecule has 5 rings (SSSR count). The number of hydrogen-bond donors (Lipinski definition) is 2. The van der Waals surface area contributed by atoms with Crippen molar-refractivity contribution in [1.29, 1.82) is 0 Å². The molecule has 3 aromatic rings. The highest BCUT2D eigenvalue weighted by Gasteiger charge is 2.28. The number of fused-ring (bicyclic) bond motifs is 2. The van der Waals surface area contributed by atoms with Crippen LogP contribution in [0.25, 0.3) is 10.9 Å². The van der Waals surface area contributed by atoms with Gasteiger partial charge in [0.2, 0.25) is 0 Å². The van der Waals surface area contributed by atoms with Crippen LogP contribution in [-0.2, 0) is 13.1 Å². The molecular weight excluding hydrogens is 448 g/mol. The molecule has 0 atom stereocenters. The summed E-state index contributed by atoms with van der Waals surface area (Å²) in [5.74, 6) is -0.520. The molecule has 2 aromatic carbocycles. The van der Waals surface area contributed by atoms with Crippen LogP contribution in [0, 0.1) is 0 Å². The van der Waals surface area contributed by atoms with E-state index in [0.29, 0.717) is 29.7 Å². The number of carbonyl (C=O) groups excluding carboxylic acids is 2. The van der Waals surface area contributed by atoms with Gasteiger partial charge >= 0.3 is 0 Å².